The van der Waals surface area contributed by atoms with Crippen LogP contribution in [0.1, 0.15) is 11.1 Å². The van der Waals surface area contributed by atoms with E-state index in [1.165, 1.54) is 11.3 Å². The second-order valence-corrected chi connectivity index (χ2v) is 7.53. The summed E-state index contributed by atoms with van der Waals surface area (Å²) in [7, 11) is 0. The van der Waals surface area contributed by atoms with Gasteiger partial charge in [-0.3, -0.25) is 14.7 Å². The van der Waals surface area contributed by atoms with Crippen molar-refractivity contribution in [2.24, 2.45) is 0 Å². The first-order valence-electron chi connectivity index (χ1n) is 8.69. The molecule has 0 spiro atoms. The van der Waals surface area contributed by atoms with Gasteiger partial charge < -0.3 is 0 Å². The normalized spacial score (nSPS) is 11.2. The lowest BCUT2D eigenvalue weighted by atomic mass is 10.2. The highest BCUT2D eigenvalue weighted by Gasteiger charge is 2.19. The number of nitrogens with zero attached hydrogens (tertiary/aromatic N) is 3. The van der Waals surface area contributed by atoms with Gasteiger partial charge in [-0.15, -0.1) is 0 Å². The largest absolute Gasteiger partial charge is 0.280 e. The summed E-state index contributed by atoms with van der Waals surface area (Å²) in [5, 5.41) is 1.18. The second-order valence-electron chi connectivity index (χ2n) is 6.11. The van der Waals surface area contributed by atoms with Gasteiger partial charge in [0.1, 0.15) is 5.52 Å². The third-order valence-corrected chi connectivity index (χ3v) is 5.49. The molecule has 0 saturated heterocycles. The minimum absolute atomic E-state index is 0.150. The molecule has 0 bridgehead atoms. The van der Waals surface area contributed by atoms with Gasteiger partial charge in [0.25, 0.3) is 5.91 Å². The molecule has 28 heavy (non-hydrogen) atoms. The lowest BCUT2D eigenvalue weighted by Gasteiger charge is -2.18. The Hall–Kier alpha value is -3.02. The standard InChI is InChI=1S/C22H16ClN3OS/c23-18-9-4-10-19-21(18)25-22(28-19)26(15-17-8-5-13-24-14-17)20(27)12-11-16-6-2-1-3-7-16/h1-14H,15H2/b12-11+. The van der Waals surface area contributed by atoms with E-state index >= 15 is 0 Å². The molecular formula is C22H16ClN3OS. The number of rotatable bonds is 5. The molecule has 0 radical (unpaired) electrons. The number of fused-ring (bicyclic) bond motifs is 1. The average Bonchev–Trinajstić information content (AvgIpc) is 3.17. The lowest BCUT2D eigenvalue weighted by Crippen LogP contribution is -2.28. The molecule has 4 nitrogen and oxygen atoms in total. The van der Waals surface area contributed by atoms with E-state index < -0.39 is 0 Å². The summed E-state index contributed by atoms with van der Waals surface area (Å²) in [5.41, 5.74) is 2.60. The molecule has 0 aliphatic carbocycles. The van der Waals surface area contributed by atoms with Crippen molar-refractivity contribution in [1.29, 1.82) is 0 Å². The third-order valence-electron chi connectivity index (χ3n) is 4.14. The predicted octanol–water partition coefficient (Wildman–Crippen LogP) is 5.59. The van der Waals surface area contributed by atoms with E-state index in [2.05, 4.69) is 9.97 Å². The molecule has 0 unspecified atom stereocenters. The average molecular weight is 406 g/mol. The number of carbonyl (C=O) groups excluding carboxylic acids is 1. The van der Waals surface area contributed by atoms with Crippen LogP contribution in [0.3, 0.4) is 0 Å². The molecule has 6 heteroatoms. The highest BCUT2D eigenvalue weighted by atomic mass is 35.5. The van der Waals surface area contributed by atoms with Crippen molar-refractivity contribution in [3.05, 3.63) is 95.3 Å². The summed E-state index contributed by atoms with van der Waals surface area (Å²) < 4.78 is 0.943. The second kappa shape index (κ2) is 8.33. The Kier molecular flexibility index (Phi) is 5.46. The monoisotopic (exact) mass is 405 g/mol. The summed E-state index contributed by atoms with van der Waals surface area (Å²) in [4.78, 5) is 23.5. The quantitative estimate of drug-likeness (QED) is 0.406. The van der Waals surface area contributed by atoms with Crippen LogP contribution in [0.4, 0.5) is 5.13 Å². The van der Waals surface area contributed by atoms with Crippen LogP contribution in [-0.4, -0.2) is 15.9 Å². The molecular weight excluding hydrogens is 390 g/mol. The minimum Gasteiger partial charge on any atom is -0.280 e. The number of benzene rings is 2. The van der Waals surface area contributed by atoms with Crippen molar-refractivity contribution >= 4 is 50.3 Å². The first-order valence-corrected chi connectivity index (χ1v) is 9.89. The summed E-state index contributed by atoms with van der Waals surface area (Å²) in [5.74, 6) is -0.150. The Balaban J connectivity index is 1.69. The topological polar surface area (TPSA) is 46.1 Å². The van der Waals surface area contributed by atoms with Crippen LogP contribution >= 0.6 is 22.9 Å². The molecule has 4 aromatic rings. The van der Waals surface area contributed by atoms with E-state index in [-0.39, 0.29) is 5.91 Å². The zero-order valence-corrected chi connectivity index (χ0v) is 16.4. The fourth-order valence-corrected chi connectivity index (χ4v) is 4.02. The number of halogens is 1. The van der Waals surface area contributed by atoms with Gasteiger partial charge in [0.15, 0.2) is 5.13 Å². The number of amides is 1. The van der Waals surface area contributed by atoms with Crippen LogP contribution in [0.5, 0.6) is 0 Å². The van der Waals surface area contributed by atoms with E-state index in [1.807, 2.05) is 54.6 Å². The van der Waals surface area contributed by atoms with Gasteiger partial charge in [-0.25, -0.2) is 4.98 Å². The van der Waals surface area contributed by atoms with Gasteiger partial charge in [-0.05, 0) is 35.4 Å². The number of hydrogen-bond donors (Lipinski definition) is 0. The van der Waals surface area contributed by atoms with Gasteiger partial charge in [0.05, 0.1) is 16.3 Å². The van der Waals surface area contributed by atoms with Crippen molar-refractivity contribution in [2.45, 2.75) is 6.54 Å². The predicted molar refractivity (Wildman–Crippen MR) is 116 cm³/mol. The van der Waals surface area contributed by atoms with Crippen molar-refractivity contribution in [1.82, 2.24) is 9.97 Å². The summed E-state index contributed by atoms with van der Waals surface area (Å²) in [6.07, 6.45) is 6.84. The molecule has 1 amide bonds. The first kappa shape index (κ1) is 18.3. The van der Waals surface area contributed by atoms with Crippen molar-refractivity contribution in [2.75, 3.05) is 4.90 Å². The highest BCUT2D eigenvalue weighted by molar-refractivity contribution is 7.22. The number of hydrogen-bond acceptors (Lipinski definition) is 4. The van der Waals surface area contributed by atoms with Crippen LogP contribution in [0.15, 0.2) is 79.1 Å². The molecule has 4 rings (SSSR count). The van der Waals surface area contributed by atoms with Gasteiger partial charge in [0, 0.05) is 18.5 Å². The van der Waals surface area contributed by atoms with Gasteiger partial charge in [-0.1, -0.05) is 65.4 Å². The molecule has 0 fully saturated rings. The highest BCUT2D eigenvalue weighted by Crippen LogP contribution is 2.33. The van der Waals surface area contributed by atoms with Crippen molar-refractivity contribution in [3.8, 4) is 0 Å². The Labute approximate surface area is 171 Å². The van der Waals surface area contributed by atoms with Crippen LogP contribution in [0.25, 0.3) is 16.3 Å². The van der Waals surface area contributed by atoms with E-state index in [0.717, 1.165) is 15.8 Å². The van der Waals surface area contributed by atoms with E-state index in [9.17, 15) is 4.79 Å². The Bertz CT molecular complexity index is 1130. The van der Waals surface area contributed by atoms with Gasteiger partial charge in [0.2, 0.25) is 0 Å². The Morgan fingerprint density at radius 3 is 2.68 bits per heavy atom. The molecule has 2 aromatic carbocycles. The van der Waals surface area contributed by atoms with E-state index in [0.29, 0.717) is 22.2 Å². The maximum atomic E-state index is 13.0. The van der Waals surface area contributed by atoms with Gasteiger partial charge in [-0.2, -0.15) is 0 Å². The maximum absolute atomic E-state index is 13.0. The lowest BCUT2D eigenvalue weighted by molar-refractivity contribution is -0.114. The zero-order chi connectivity index (χ0) is 19.3. The maximum Gasteiger partial charge on any atom is 0.253 e. The number of anilines is 1. The van der Waals surface area contributed by atoms with Crippen LogP contribution in [0.2, 0.25) is 5.02 Å². The number of pyridine rings is 1. The van der Waals surface area contributed by atoms with Gasteiger partial charge >= 0.3 is 0 Å². The Morgan fingerprint density at radius 1 is 1.07 bits per heavy atom. The molecule has 0 aliphatic heterocycles. The van der Waals surface area contributed by atoms with Crippen LogP contribution in [-0.2, 0) is 11.3 Å². The number of carbonyl (C=O) groups is 1. The zero-order valence-electron chi connectivity index (χ0n) is 14.8. The SMILES string of the molecule is O=C(/C=C/c1ccccc1)N(Cc1cccnc1)c1nc2c(Cl)cccc2s1. The molecule has 0 saturated carbocycles. The van der Waals surface area contributed by atoms with Crippen molar-refractivity contribution in [3.63, 3.8) is 0 Å². The molecule has 2 aromatic heterocycles. The first-order chi connectivity index (χ1) is 13.7. The molecule has 0 N–H and O–H groups in total. The summed E-state index contributed by atoms with van der Waals surface area (Å²) in [6, 6.07) is 19.2. The minimum atomic E-state index is -0.150. The number of para-hydroxylation sites is 1. The van der Waals surface area contributed by atoms with Crippen LogP contribution in [0, 0.1) is 0 Å². The summed E-state index contributed by atoms with van der Waals surface area (Å²) in [6.45, 7) is 0.378. The Morgan fingerprint density at radius 2 is 1.93 bits per heavy atom. The fraction of sp³-hybridized carbons (Fsp3) is 0.0455. The molecule has 0 aliphatic rings. The third kappa shape index (κ3) is 4.11. The number of thiazole rings is 1. The van der Waals surface area contributed by atoms with Crippen molar-refractivity contribution < 1.29 is 4.79 Å². The van der Waals surface area contributed by atoms with E-state index in [4.69, 9.17) is 11.6 Å². The number of aromatic nitrogens is 2. The summed E-state index contributed by atoms with van der Waals surface area (Å²) >= 11 is 7.72. The smallest absolute Gasteiger partial charge is 0.253 e. The molecule has 0 atom stereocenters. The molecule has 2 heterocycles. The van der Waals surface area contributed by atoms with Crippen LogP contribution < -0.4 is 4.90 Å². The fourth-order valence-electron chi connectivity index (χ4n) is 2.75. The van der Waals surface area contributed by atoms with E-state index in [1.54, 1.807) is 35.5 Å². The molecule has 138 valence electrons.